The van der Waals surface area contributed by atoms with E-state index in [-0.39, 0.29) is 6.10 Å². The van der Waals surface area contributed by atoms with Gasteiger partial charge in [-0.3, -0.25) is 4.98 Å². The fourth-order valence-corrected chi connectivity index (χ4v) is 2.77. The lowest BCUT2D eigenvalue weighted by molar-refractivity contribution is -0.0521. The van der Waals surface area contributed by atoms with Crippen LogP contribution < -0.4 is 4.74 Å². The van der Waals surface area contributed by atoms with Crippen molar-refractivity contribution in [1.29, 1.82) is 0 Å². The van der Waals surface area contributed by atoms with Crippen LogP contribution in [0.15, 0.2) is 30.5 Å². The zero-order valence-corrected chi connectivity index (χ0v) is 14.2. The molecule has 1 aliphatic rings. The molecule has 1 aromatic carbocycles. The fraction of sp³-hybridized carbons (Fsp3) is 0.333. The molecule has 0 aliphatic carbocycles. The number of pyridine rings is 1. The van der Waals surface area contributed by atoms with Gasteiger partial charge in [-0.1, -0.05) is 6.07 Å². The summed E-state index contributed by atoms with van der Waals surface area (Å²) in [7, 11) is 0. The number of cyclic esters (lactones) is 1. The van der Waals surface area contributed by atoms with E-state index < -0.39 is 24.3 Å². The average Bonchev–Trinajstić information content (AvgIpc) is 2.89. The van der Waals surface area contributed by atoms with Crippen molar-refractivity contribution >= 4 is 6.09 Å². The van der Waals surface area contributed by atoms with E-state index in [1.54, 1.807) is 24.1 Å². The largest absolute Gasteiger partial charge is 0.444 e. The number of hydrogen-bond donors (Lipinski definition) is 0. The second kappa shape index (κ2) is 7.23. The summed E-state index contributed by atoms with van der Waals surface area (Å²) in [6, 6.07) is 5.50. The second-order valence-corrected chi connectivity index (χ2v) is 6.07. The SMILES string of the molecule is Cc1ncc(-c2ccc(F)c(OC(F)F)c2)cc1CN1C[C@H](C)OC1=O. The summed E-state index contributed by atoms with van der Waals surface area (Å²) in [5.41, 5.74) is 2.60. The van der Waals surface area contributed by atoms with Gasteiger partial charge in [0.1, 0.15) is 6.10 Å². The minimum atomic E-state index is -3.12. The van der Waals surface area contributed by atoms with Gasteiger partial charge in [-0.15, -0.1) is 0 Å². The Kier molecular flexibility index (Phi) is 5.01. The standard InChI is InChI=1S/C18H17F3N2O3/c1-10-8-23(18(24)25-10)9-14-5-13(7-22-11(14)2)12-3-4-15(19)16(6-12)26-17(20)21/h3-7,10,17H,8-9H2,1-2H3/t10-/m0/s1. The van der Waals surface area contributed by atoms with E-state index in [2.05, 4.69) is 9.72 Å². The highest BCUT2D eigenvalue weighted by Gasteiger charge is 2.28. The Hall–Kier alpha value is -2.77. The van der Waals surface area contributed by atoms with Crippen LogP contribution in [-0.4, -0.2) is 35.2 Å². The summed E-state index contributed by atoms with van der Waals surface area (Å²) in [5, 5.41) is 0. The molecule has 2 heterocycles. The first kappa shape index (κ1) is 18.0. The first-order valence-corrected chi connectivity index (χ1v) is 7.99. The zero-order chi connectivity index (χ0) is 18.8. The minimum absolute atomic E-state index is 0.176. The van der Waals surface area contributed by atoms with Gasteiger partial charge in [-0.05, 0) is 43.2 Å². The maximum atomic E-state index is 13.6. The van der Waals surface area contributed by atoms with E-state index in [1.807, 2.05) is 6.92 Å². The molecule has 26 heavy (non-hydrogen) atoms. The van der Waals surface area contributed by atoms with Crippen molar-refractivity contribution in [2.75, 3.05) is 6.54 Å². The number of alkyl halides is 2. The van der Waals surface area contributed by atoms with Crippen molar-refractivity contribution in [3.05, 3.63) is 47.5 Å². The van der Waals surface area contributed by atoms with Gasteiger partial charge >= 0.3 is 12.7 Å². The monoisotopic (exact) mass is 366 g/mol. The number of aryl methyl sites for hydroxylation is 1. The average molecular weight is 366 g/mol. The van der Waals surface area contributed by atoms with E-state index in [1.165, 1.54) is 12.1 Å². The van der Waals surface area contributed by atoms with Crippen LogP contribution in [-0.2, 0) is 11.3 Å². The smallest absolute Gasteiger partial charge is 0.410 e. The third-order valence-corrected chi connectivity index (χ3v) is 4.07. The van der Waals surface area contributed by atoms with Gasteiger partial charge in [-0.2, -0.15) is 8.78 Å². The molecule has 1 aromatic heterocycles. The molecule has 0 unspecified atom stereocenters. The highest BCUT2D eigenvalue weighted by Crippen LogP contribution is 2.29. The van der Waals surface area contributed by atoms with Crippen LogP contribution in [0.3, 0.4) is 0 Å². The lowest BCUT2D eigenvalue weighted by atomic mass is 10.0. The van der Waals surface area contributed by atoms with Gasteiger partial charge in [0.2, 0.25) is 0 Å². The molecule has 5 nitrogen and oxygen atoms in total. The Morgan fingerprint density at radius 2 is 2.12 bits per heavy atom. The molecular weight excluding hydrogens is 349 g/mol. The van der Waals surface area contributed by atoms with Crippen LogP contribution in [0.2, 0.25) is 0 Å². The summed E-state index contributed by atoms with van der Waals surface area (Å²) in [4.78, 5) is 17.7. The number of amides is 1. The molecule has 8 heteroatoms. The molecule has 1 atom stereocenters. The predicted octanol–water partition coefficient (Wildman–Crippen LogP) is 4.14. The van der Waals surface area contributed by atoms with Crippen LogP contribution in [0, 0.1) is 12.7 Å². The summed E-state index contributed by atoms with van der Waals surface area (Å²) >= 11 is 0. The van der Waals surface area contributed by atoms with E-state index in [0.717, 1.165) is 17.3 Å². The van der Waals surface area contributed by atoms with Gasteiger partial charge in [0.25, 0.3) is 0 Å². The maximum Gasteiger partial charge on any atom is 0.410 e. The van der Waals surface area contributed by atoms with Gasteiger partial charge in [0.15, 0.2) is 11.6 Å². The quantitative estimate of drug-likeness (QED) is 0.798. The molecule has 0 N–H and O–H groups in total. The van der Waals surface area contributed by atoms with Crippen molar-refractivity contribution in [2.45, 2.75) is 33.1 Å². The van der Waals surface area contributed by atoms with E-state index in [4.69, 9.17) is 4.74 Å². The summed E-state index contributed by atoms with van der Waals surface area (Å²) < 4.78 is 47.7. The predicted molar refractivity (Wildman–Crippen MR) is 87.4 cm³/mol. The molecule has 0 bridgehead atoms. The van der Waals surface area contributed by atoms with E-state index in [9.17, 15) is 18.0 Å². The molecule has 138 valence electrons. The second-order valence-electron chi connectivity index (χ2n) is 6.07. The number of rotatable bonds is 5. The van der Waals surface area contributed by atoms with Crippen molar-refractivity contribution < 1.29 is 27.4 Å². The van der Waals surface area contributed by atoms with Crippen molar-refractivity contribution in [2.24, 2.45) is 0 Å². The van der Waals surface area contributed by atoms with E-state index in [0.29, 0.717) is 24.2 Å². The molecule has 3 rings (SSSR count). The summed E-state index contributed by atoms with van der Waals surface area (Å²) in [6.07, 6.45) is 0.991. The fourth-order valence-electron chi connectivity index (χ4n) is 2.77. The Morgan fingerprint density at radius 3 is 2.77 bits per heavy atom. The Labute approximate surface area is 148 Å². The van der Waals surface area contributed by atoms with Crippen LogP contribution >= 0.6 is 0 Å². The van der Waals surface area contributed by atoms with Crippen molar-refractivity contribution in [3.8, 4) is 16.9 Å². The molecule has 1 fully saturated rings. The Bertz CT molecular complexity index is 829. The molecule has 1 saturated heterocycles. The van der Waals surface area contributed by atoms with Crippen molar-refractivity contribution in [3.63, 3.8) is 0 Å². The molecule has 0 saturated carbocycles. The number of halogens is 3. The van der Waals surface area contributed by atoms with Crippen LogP contribution in [0.25, 0.3) is 11.1 Å². The number of carbonyl (C=O) groups is 1. The van der Waals surface area contributed by atoms with E-state index >= 15 is 0 Å². The van der Waals surface area contributed by atoms with Crippen LogP contribution in [0.5, 0.6) is 5.75 Å². The summed E-state index contributed by atoms with van der Waals surface area (Å²) in [6.45, 7) is 1.29. The number of hydrogen-bond acceptors (Lipinski definition) is 4. The number of benzene rings is 1. The number of nitrogens with zero attached hydrogens (tertiary/aromatic N) is 2. The van der Waals surface area contributed by atoms with Gasteiger partial charge in [0, 0.05) is 17.5 Å². The van der Waals surface area contributed by atoms with Crippen LogP contribution in [0.4, 0.5) is 18.0 Å². The Balaban J connectivity index is 1.89. The van der Waals surface area contributed by atoms with Crippen LogP contribution in [0.1, 0.15) is 18.2 Å². The maximum absolute atomic E-state index is 13.6. The third kappa shape index (κ3) is 3.89. The first-order chi connectivity index (χ1) is 12.3. The number of ether oxygens (including phenoxy) is 2. The molecule has 2 aromatic rings. The lowest BCUT2D eigenvalue weighted by Crippen LogP contribution is -2.24. The lowest BCUT2D eigenvalue weighted by Gasteiger charge is -2.15. The minimum Gasteiger partial charge on any atom is -0.444 e. The highest BCUT2D eigenvalue weighted by molar-refractivity contribution is 5.70. The van der Waals surface area contributed by atoms with Crippen molar-refractivity contribution in [1.82, 2.24) is 9.88 Å². The normalized spacial score (nSPS) is 16.9. The molecule has 1 aliphatic heterocycles. The Morgan fingerprint density at radius 1 is 1.35 bits per heavy atom. The number of aromatic nitrogens is 1. The van der Waals surface area contributed by atoms with Gasteiger partial charge in [0.05, 0.1) is 13.1 Å². The molecule has 0 spiro atoms. The van der Waals surface area contributed by atoms with Gasteiger partial charge in [-0.25, -0.2) is 9.18 Å². The summed E-state index contributed by atoms with van der Waals surface area (Å²) in [5.74, 6) is -1.40. The topological polar surface area (TPSA) is 51.7 Å². The molecular formula is C18H17F3N2O3. The first-order valence-electron chi connectivity index (χ1n) is 7.99. The zero-order valence-electron chi connectivity index (χ0n) is 14.2. The number of carbonyl (C=O) groups excluding carboxylic acids is 1. The molecule has 0 radical (unpaired) electrons. The third-order valence-electron chi connectivity index (χ3n) is 4.07. The highest BCUT2D eigenvalue weighted by atomic mass is 19.3. The molecule has 1 amide bonds. The van der Waals surface area contributed by atoms with Gasteiger partial charge < -0.3 is 14.4 Å².